The highest BCUT2D eigenvalue weighted by Gasteiger charge is 2.61. The second kappa shape index (κ2) is 5.38. The molecule has 0 bridgehead atoms. The first-order valence-electron chi connectivity index (χ1n) is 6.58. The molecule has 2 unspecified atom stereocenters. The SMILES string of the molecule is CCOC(=O)C1C(C=C(Cl)c2ccccc2)C1(C)C. The minimum atomic E-state index is -0.119. The lowest BCUT2D eigenvalue weighted by molar-refractivity contribution is -0.145. The molecule has 1 aromatic carbocycles. The second-order valence-corrected chi connectivity index (χ2v) is 5.86. The van der Waals surface area contributed by atoms with Crippen molar-refractivity contribution in [2.75, 3.05) is 6.61 Å². The quantitative estimate of drug-likeness (QED) is 0.775. The molecule has 19 heavy (non-hydrogen) atoms. The number of hydrogen-bond donors (Lipinski definition) is 0. The number of hydrogen-bond acceptors (Lipinski definition) is 2. The molecule has 0 heterocycles. The van der Waals surface area contributed by atoms with Gasteiger partial charge in [-0.2, -0.15) is 0 Å². The van der Waals surface area contributed by atoms with Gasteiger partial charge in [-0.15, -0.1) is 0 Å². The minimum Gasteiger partial charge on any atom is -0.466 e. The van der Waals surface area contributed by atoms with Gasteiger partial charge in [-0.1, -0.05) is 61.9 Å². The molecule has 0 N–H and O–H groups in total. The summed E-state index contributed by atoms with van der Waals surface area (Å²) in [6, 6.07) is 9.79. The van der Waals surface area contributed by atoms with Crippen LogP contribution in [0.3, 0.4) is 0 Å². The monoisotopic (exact) mass is 278 g/mol. The van der Waals surface area contributed by atoms with Crippen molar-refractivity contribution in [1.29, 1.82) is 0 Å². The molecule has 0 aromatic heterocycles. The van der Waals surface area contributed by atoms with E-state index in [0.29, 0.717) is 11.6 Å². The van der Waals surface area contributed by atoms with E-state index in [1.165, 1.54) is 0 Å². The molecule has 0 spiro atoms. The van der Waals surface area contributed by atoms with E-state index in [0.717, 1.165) is 5.56 Å². The first-order valence-corrected chi connectivity index (χ1v) is 6.95. The maximum atomic E-state index is 11.9. The Bertz CT molecular complexity index is 491. The zero-order valence-electron chi connectivity index (χ0n) is 11.5. The third kappa shape index (κ3) is 2.84. The van der Waals surface area contributed by atoms with Gasteiger partial charge in [0.15, 0.2) is 0 Å². The van der Waals surface area contributed by atoms with Crippen LogP contribution in [-0.4, -0.2) is 12.6 Å². The van der Waals surface area contributed by atoms with Crippen LogP contribution in [0, 0.1) is 17.3 Å². The number of carbonyl (C=O) groups excluding carboxylic acids is 1. The van der Waals surface area contributed by atoms with Gasteiger partial charge in [-0.25, -0.2) is 0 Å². The summed E-state index contributed by atoms with van der Waals surface area (Å²) >= 11 is 6.32. The number of ether oxygens (including phenoxy) is 1. The van der Waals surface area contributed by atoms with Crippen molar-refractivity contribution in [2.45, 2.75) is 20.8 Å². The molecule has 102 valence electrons. The fraction of sp³-hybridized carbons (Fsp3) is 0.438. The molecule has 2 atom stereocenters. The number of benzene rings is 1. The van der Waals surface area contributed by atoms with Crippen LogP contribution in [0.4, 0.5) is 0 Å². The van der Waals surface area contributed by atoms with E-state index in [1.807, 2.05) is 43.3 Å². The van der Waals surface area contributed by atoms with Crippen LogP contribution in [0.5, 0.6) is 0 Å². The molecular formula is C16H19ClO2. The topological polar surface area (TPSA) is 26.3 Å². The predicted octanol–water partition coefficient (Wildman–Crippen LogP) is 4.10. The van der Waals surface area contributed by atoms with E-state index in [4.69, 9.17) is 16.3 Å². The first-order chi connectivity index (χ1) is 8.98. The van der Waals surface area contributed by atoms with Crippen LogP contribution >= 0.6 is 11.6 Å². The number of allylic oxidation sites excluding steroid dienone is 1. The Kier molecular flexibility index (Phi) is 4.00. The lowest BCUT2D eigenvalue weighted by Crippen LogP contribution is -2.10. The Morgan fingerprint density at radius 2 is 2.00 bits per heavy atom. The molecule has 1 aliphatic rings. The number of carbonyl (C=O) groups is 1. The summed E-state index contributed by atoms with van der Waals surface area (Å²) in [6.07, 6.45) is 1.98. The molecular weight excluding hydrogens is 260 g/mol. The first kappa shape index (κ1) is 14.1. The Morgan fingerprint density at radius 1 is 1.37 bits per heavy atom. The van der Waals surface area contributed by atoms with Crippen LogP contribution < -0.4 is 0 Å². The zero-order chi connectivity index (χ0) is 14.0. The van der Waals surface area contributed by atoms with E-state index in [-0.39, 0.29) is 23.2 Å². The van der Waals surface area contributed by atoms with E-state index in [2.05, 4.69) is 13.8 Å². The summed E-state index contributed by atoms with van der Waals surface area (Å²) in [4.78, 5) is 11.9. The van der Waals surface area contributed by atoms with E-state index < -0.39 is 0 Å². The van der Waals surface area contributed by atoms with E-state index in [1.54, 1.807) is 0 Å². The third-order valence-corrected chi connectivity index (χ3v) is 4.17. The average Bonchev–Trinajstić information content (AvgIpc) is 2.92. The summed E-state index contributed by atoms with van der Waals surface area (Å²) in [5.41, 5.74) is 0.913. The van der Waals surface area contributed by atoms with Gasteiger partial charge in [0.05, 0.1) is 12.5 Å². The molecule has 0 saturated heterocycles. The molecule has 1 aliphatic carbocycles. The predicted molar refractivity (Wildman–Crippen MR) is 77.7 cm³/mol. The van der Waals surface area contributed by atoms with Crippen molar-refractivity contribution in [3.8, 4) is 0 Å². The summed E-state index contributed by atoms with van der Waals surface area (Å²) in [7, 11) is 0. The van der Waals surface area contributed by atoms with Gasteiger partial charge >= 0.3 is 5.97 Å². The van der Waals surface area contributed by atoms with Gasteiger partial charge in [-0.3, -0.25) is 4.79 Å². The van der Waals surface area contributed by atoms with Crippen molar-refractivity contribution in [3.05, 3.63) is 42.0 Å². The third-order valence-electron chi connectivity index (χ3n) is 3.83. The van der Waals surface area contributed by atoms with Crippen LogP contribution in [0.2, 0.25) is 0 Å². The van der Waals surface area contributed by atoms with Crippen LogP contribution in [-0.2, 0) is 9.53 Å². The minimum absolute atomic E-state index is 0.0683. The maximum Gasteiger partial charge on any atom is 0.310 e. The molecule has 1 aromatic rings. The van der Waals surface area contributed by atoms with Gasteiger partial charge in [0.1, 0.15) is 0 Å². The van der Waals surface area contributed by atoms with Crippen LogP contribution in [0.1, 0.15) is 26.3 Å². The van der Waals surface area contributed by atoms with Gasteiger partial charge in [0.25, 0.3) is 0 Å². The van der Waals surface area contributed by atoms with Gasteiger partial charge in [0.2, 0.25) is 0 Å². The standard InChI is InChI=1S/C16H19ClO2/c1-4-19-15(18)14-12(16(14,2)3)10-13(17)11-8-6-5-7-9-11/h5-10,12,14H,4H2,1-3H3. The highest BCUT2D eigenvalue weighted by molar-refractivity contribution is 6.48. The van der Waals surface area contributed by atoms with Crippen molar-refractivity contribution in [3.63, 3.8) is 0 Å². The van der Waals surface area contributed by atoms with Gasteiger partial charge in [-0.05, 0) is 23.8 Å². The molecule has 0 aliphatic heterocycles. The normalized spacial score (nSPS) is 24.9. The molecule has 2 rings (SSSR count). The molecule has 1 fully saturated rings. The molecule has 1 saturated carbocycles. The molecule has 2 nitrogen and oxygen atoms in total. The highest BCUT2D eigenvalue weighted by atomic mass is 35.5. The molecule has 0 radical (unpaired) electrons. The summed E-state index contributed by atoms with van der Waals surface area (Å²) in [5.74, 6) is -0.0459. The lowest BCUT2D eigenvalue weighted by Gasteiger charge is -2.01. The van der Waals surface area contributed by atoms with Crippen molar-refractivity contribution in [1.82, 2.24) is 0 Å². The van der Waals surface area contributed by atoms with Crippen LogP contribution in [0.25, 0.3) is 5.03 Å². The number of esters is 1. The molecule has 0 amide bonds. The number of halogens is 1. The maximum absolute atomic E-state index is 11.9. The number of rotatable bonds is 4. The summed E-state index contributed by atoms with van der Waals surface area (Å²) < 4.78 is 5.11. The van der Waals surface area contributed by atoms with Gasteiger partial charge in [0, 0.05) is 5.03 Å². The van der Waals surface area contributed by atoms with E-state index >= 15 is 0 Å². The Balaban J connectivity index is 2.14. The second-order valence-electron chi connectivity index (χ2n) is 5.46. The van der Waals surface area contributed by atoms with Crippen LogP contribution in [0.15, 0.2) is 36.4 Å². The summed E-state index contributed by atoms with van der Waals surface area (Å²) in [5, 5.41) is 0.700. The smallest absolute Gasteiger partial charge is 0.310 e. The zero-order valence-corrected chi connectivity index (χ0v) is 12.3. The van der Waals surface area contributed by atoms with Crippen molar-refractivity contribution in [2.24, 2.45) is 17.3 Å². The Morgan fingerprint density at radius 3 is 2.58 bits per heavy atom. The largest absolute Gasteiger partial charge is 0.466 e. The van der Waals surface area contributed by atoms with E-state index in [9.17, 15) is 4.79 Å². The van der Waals surface area contributed by atoms with Crippen molar-refractivity contribution < 1.29 is 9.53 Å². The summed E-state index contributed by atoms with van der Waals surface area (Å²) in [6.45, 7) is 6.40. The van der Waals surface area contributed by atoms with Gasteiger partial charge < -0.3 is 4.74 Å². The fourth-order valence-corrected chi connectivity index (χ4v) is 2.78. The fourth-order valence-electron chi connectivity index (χ4n) is 2.52. The Hall–Kier alpha value is -1.28. The average molecular weight is 279 g/mol. The lowest BCUT2D eigenvalue weighted by atomic mass is 10.1. The Labute approximate surface area is 119 Å². The highest BCUT2D eigenvalue weighted by Crippen LogP contribution is 2.60. The molecule has 3 heteroatoms. The van der Waals surface area contributed by atoms with Crippen molar-refractivity contribution >= 4 is 22.6 Å².